The van der Waals surface area contributed by atoms with E-state index in [1.54, 1.807) is 0 Å². The van der Waals surface area contributed by atoms with Crippen LogP contribution in [0, 0.1) is 5.92 Å². The normalized spacial score (nSPS) is 18.8. The first-order chi connectivity index (χ1) is 14.8. The Labute approximate surface area is 204 Å². The van der Waals surface area contributed by atoms with Crippen molar-refractivity contribution in [2.75, 3.05) is 13.1 Å². The zero-order chi connectivity index (χ0) is 22.1. The van der Waals surface area contributed by atoms with Crippen molar-refractivity contribution in [3.05, 3.63) is 60.7 Å². The summed E-state index contributed by atoms with van der Waals surface area (Å²) in [5.74, 6) is 0.0849. The average molecular weight is 570 g/mol. The number of aromatic nitrogens is 1. The second-order valence-corrected chi connectivity index (χ2v) is 10.5. The number of aryl methyl sites for hydroxylation is 2. The molecule has 2 N–H and O–H groups in total. The van der Waals surface area contributed by atoms with Crippen LogP contribution < -0.4 is 5.73 Å². The Morgan fingerprint density at radius 2 is 1.81 bits per heavy atom. The second kappa shape index (κ2) is 9.59. The number of carbonyl (C=O) groups is 2. The smallest absolute Gasteiger partial charge is 0.223 e. The van der Waals surface area contributed by atoms with Crippen LogP contribution in [0.25, 0.3) is 0 Å². The molecule has 2 aliphatic rings. The molecule has 2 amide bonds. The predicted molar refractivity (Wildman–Crippen MR) is 128 cm³/mol. The van der Waals surface area contributed by atoms with Crippen LogP contribution in [-0.4, -0.2) is 34.8 Å². The van der Waals surface area contributed by atoms with Gasteiger partial charge in [0.2, 0.25) is 11.8 Å². The van der Waals surface area contributed by atoms with Gasteiger partial charge in [-0.3, -0.25) is 14.6 Å². The molecular weight excluding hydrogens is 546 g/mol. The van der Waals surface area contributed by atoms with Crippen molar-refractivity contribution >= 4 is 55.3 Å². The van der Waals surface area contributed by atoms with Crippen molar-refractivity contribution in [3.63, 3.8) is 0 Å². The van der Waals surface area contributed by atoms with Crippen LogP contribution in [0.1, 0.15) is 54.0 Å². The molecule has 1 aromatic heterocycles. The van der Waals surface area contributed by atoms with E-state index in [-0.39, 0.29) is 24.7 Å². The molecule has 8 heteroatoms. The summed E-state index contributed by atoms with van der Waals surface area (Å²) in [6, 6.07) is 6.23. The van der Waals surface area contributed by atoms with E-state index in [1.165, 1.54) is 16.7 Å². The lowest BCUT2D eigenvalue weighted by atomic mass is 9.76. The largest absolute Gasteiger partial charge is 0.370 e. The molecule has 0 saturated carbocycles. The van der Waals surface area contributed by atoms with Crippen molar-refractivity contribution in [3.8, 4) is 0 Å². The number of amides is 2. The molecule has 2 heterocycles. The fraction of sp³-hybridized carbons (Fsp3) is 0.435. The van der Waals surface area contributed by atoms with Crippen molar-refractivity contribution in [1.29, 1.82) is 0 Å². The van der Waals surface area contributed by atoms with Gasteiger partial charge in [0.15, 0.2) is 0 Å². The minimum atomic E-state index is -0.435. The fourth-order valence-electron chi connectivity index (χ4n) is 4.90. The van der Waals surface area contributed by atoms with Crippen LogP contribution >= 0.6 is 43.5 Å². The number of pyridine rings is 1. The summed E-state index contributed by atoms with van der Waals surface area (Å²) in [6.45, 7) is 1.37. The molecule has 31 heavy (non-hydrogen) atoms. The van der Waals surface area contributed by atoms with Crippen LogP contribution in [-0.2, 0) is 22.4 Å². The molecule has 4 rings (SSSR count). The zero-order valence-corrected chi connectivity index (χ0v) is 21.0. The van der Waals surface area contributed by atoms with Crippen molar-refractivity contribution in [2.24, 2.45) is 11.7 Å². The molecule has 0 unspecified atom stereocenters. The van der Waals surface area contributed by atoms with E-state index < -0.39 is 5.91 Å². The molecule has 164 valence electrons. The first-order valence-electron chi connectivity index (χ1n) is 10.5. The van der Waals surface area contributed by atoms with Gasteiger partial charge in [0.1, 0.15) is 0 Å². The number of rotatable bonds is 4. The zero-order valence-electron chi connectivity index (χ0n) is 17.0. The molecule has 1 atom stereocenters. The second-order valence-electron chi connectivity index (χ2n) is 8.32. The highest BCUT2D eigenvalue weighted by Crippen LogP contribution is 2.46. The Bertz CT molecular complexity index is 1020. The van der Waals surface area contributed by atoms with E-state index in [9.17, 15) is 9.59 Å². The van der Waals surface area contributed by atoms with Crippen molar-refractivity contribution < 1.29 is 9.59 Å². The van der Waals surface area contributed by atoms with Crippen LogP contribution in [0.4, 0.5) is 0 Å². The molecule has 2 aromatic rings. The summed E-state index contributed by atoms with van der Waals surface area (Å²) in [4.78, 5) is 30.2. The molecule has 1 aliphatic heterocycles. The summed E-state index contributed by atoms with van der Waals surface area (Å²) in [5.41, 5.74) is 10.1. The van der Waals surface area contributed by atoms with Crippen LogP contribution in [0.3, 0.4) is 0 Å². The third-order valence-corrected chi connectivity index (χ3v) is 7.67. The lowest BCUT2D eigenvalue weighted by Gasteiger charge is -2.37. The summed E-state index contributed by atoms with van der Waals surface area (Å²) < 4.78 is 2.01. The molecule has 5 nitrogen and oxygen atoms in total. The number of piperidine rings is 1. The van der Waals surface area contributed by atoms with E-state index in [2.05, 4.69) is 44.0 Å². The molecule has 0 radical (unpaired) electrons. The fourth-order valence-corrected chi connectivity index (χ4v) is 6.40. The lowest BCUT2D eigenvalue weighted by Crippen LogP contribution is -2.40. The van der Waals surface area contributed by atoms with E-state index in [0.717, 1.165) is 45.3 Å². The highest BCUT2D eigenvalue weighted by Gasteiger charge is 2.36. The van der Waals surface area contributed by atoms with Gasteiger partial charge in [-0.15, -0.1) is 0 Å². The maximum atomic E-state index is 12.4. The van der Waals surface area contributed by atoms with Gasteiger partial charge in [0.25, 0.3) is 0 Å². The number of fused-ring (bicyclic) bond motifs is 2. The number of halogens is 3. The van der Waals surface area contributed by atoms with Crippen LogP contribution in [0.15, 0.2) is 33.3 Å². The van der Waals surface area contributed by atoms with Crippen molar-refractivity contribution in [1.82, 2.24) is 9.88 Å². The molecule has 1 aliphatic carbocycles. The molecule has 1 saturated heterocycles. The van der Waals surface area contributed by atoms with Gasteiger partial charge in [-0.2, -0.15) is 0 Å². The number of likely N-dealkylation sites (tertiary alicyclic amines) is 1. The molecule has 1 fully saturated rings. The summed E-state index contributed by atoms with van der Waals surface area (Å²) in [5, 5.41) is 0.735. The number of nitrogens with two attached hydrogens (primary N) is 1. The van der Waals surface area contributed by atoms with E-state index in [4.69, 9.17) is 22.3 Å². The maximum Gasteiger partial charge on any atom is 0.223 e. The Balaban J connectivity index is 1.64. The van der Waals surface area contributed by atoms with E-state index in [0.29, 0.717) is 19.0 Å². The highest BCUT2D eigenvalue weighted by atomic mass is 79.9. The van der Waals surface area contributed by atoms with E-state index >= 15 is 0 Å². The third kappa shape index (κ3) is 4.99. The number of carbonyl (C=O) groups excluding carboxylic acids is 2. The minimum Gasteiger partial charge on any atom is -0.370 e. The third-order valence-electron chi connectivity index (χ3n) is 6.37. The van der Waals surface area contributed by atoms with Gasteiger partial charge in [-0.1, -0.05) is 27.5 Å². The summed E-state index contributed by atoms with van der Waals surface area (Å²) in [7, 11) is 0. The highest BCUT2D eigenvalue weighted by molar-refractivity contribution is 9.10. The summed E-state index contributed by atoms with van der Waals surface area (Å²) >= 11 is 13.7. The standard InChI is InChI=1S/C23H24Br2ClN3O2/c24-16-9-15-2-1-14-10-17(26)11-18(25)21(14)22(23(15)28-12-16)13-5-7-29(8-6-13)20(31)4-3-19(27)30/h9-13,22H,1-8H2,(H2,27,30)/t22-/m1/s1. The van der Waals surface area contributed by atoms with Gasteiger partial charge in [-0.25, -0.2) is 0 Å². The first-order valence-corrected chi connectivity index (χ1v) is 12.5. The number of benzene rings is 1. The van der Waals surface area contributed by atoms with Gasteiger partial charge < -0.3 is 10.6 Å². The first kappa shape index (κ1) is 22.7. The topological polar surface area (TPSA) is 76.3 Å². The molecule has 0 bridgehead atoms. The van der Waals surface area contributed by atoms with Crippen LogP contribution in [0.5, 0.6) is 0 Å². The van der Waals surface area contributed by atoms with Gasteiger partial charge in [0, 0.05) is 52.0 Å². The number of nitrogens with zero attached hydrogens (tertiary/aromatic N) is 2. The van der Waals surface area contributed by atoms with Crippen molar-refractivity contribution in [2.45, 2.75) is 44.4 Å². The molecule has 0 spiro atoms. The van der Waals surface area contributed by atoms with E-state index in [1.807, 2.05) is 17.2 Å². The van der Waals surface area contributed by atoms with Crippen LogP contribution in [0.2, 0.25) is 5.02 Å². The van der Waals surface area contributed by atoms with Gasteiger partial charge in [0.05, 0.1) is 5.69 Å². The average Bonchev–Trinajstić information content (AvgIpc) is 2.89. The van der Waals surface area contributed by atoms with Gasteiger partial charge >= 0.3 is 0 Å². The quantitative estimate of drug-likeness (QED) is 0.564. The Morgan fingerprint density at radius 3 is 2.52 bits per heavy atom. The number of primary amides is 1. The number of hydrogen-bond donors (Lipinski definition) is 1. The summed E-state index contributed by atoms with van der Waals surface area (Å²) in [6.07, 6.45) is 5.78. The Morgan fingerprint density at radius 1 is 1.10 bits per heavy atom. The number of hydrogen-bond acceptors (Lipinski definition) is 3. The Kier molecular flexibility index (Phi) is 7.04. The SMILES string of the molecule is NC(=O)CCC(=O)N1CCC([C@H]2c3ncc(Br)cc3CCc3cc(Cl)cc(Br)c32)CC1. The predicted octanol–water partition coefficient (Wildman–Crippen LogP) is 4.99. The lowest BCUT2D eigenvalue weighted by molar-refractivity contribution is -0.134. The monoisotopic (exact) mass is 567 g/mol. The molecule has 1 aromatic carbocycles. The maximum absolute atomic E-state index is 12.4. The van der Waals surface area contributed by atoms with Gasteiger partial charge in [-0.05, 0) is 82.4 Å². The minimum absolute atomic E-state index is 0.00827. The Hall–Kier alpha value is -1.44. The molecular formula is C23H24Br2ClN3O2.